The van der Waals surface area contributed by atoms with Crippen LogP contribution in [0.3, 0.4) is 0 Å². The molecule has 7 nitrogen and oxygen atoms in total. The first-order chi connectivity index (χ1) is 11.6. The van der Waals surface area contributed by atoms with Crippen molar-refractivity contribution in [2.45, 2.75) is 12.8 Å². The molecule has 126 valence electrons. The van der Waals surface area contributed by atoms with Crippen molar-refractivity contribution < 1.29 is 9.59 Å². The van der Waals surface area contributed by atoms with Crippen LogP contribution in [0.25, 0.3) is 0 Å². The van der Waals surface area contributed by atoms with Crippen molar-refractivity contribution in [1.82, 2.24) is 14.7 Å². The number of carbonyl (C=O) groups is 2. The van der Waals surface area contributed by atoms with Crippen LogP contribution in [0.2, 0.25) is 0 Å². The first-order valence-corrected chi connectivity index (χ1v) is 8.03. The normalized spacial score (nSPS) is 15.1. The van der Waals surface area contributed by atoms with Gasteiger partial charge in [-0.15, -0.1) is 0 Å². The van der Waals surface area contributed by atoms with Crippen LogP contribution in [0.5, 0.6) is 0 Å². The maximum Gasteiger partial charge on any atom is 0.321 e. The number of benzene rings is 1. The molecule has 0 bridgehead atoms. The van der Waals surface area contributed by atoms with Gasteiger partial charge in [0.15, 0.2) is 5.82 Å². The summed E-state index contributed by atoms with van der Waals surface area (Å²) in [4.78, 5) is 26.3. The molecule has 1 saturated heterocycles. The number of amides is 3. The fourth-order valence-electron chi connectivity index (χ4n) is 2.78. The number of carbonyl (C=O) groups excluding carboxylic acids is 2. The standard InChI is InChI=1S/C17H21N5O2/c1-21-10-9-15(20-21)19-16(23)13-7-11-22(12-8-13)17(24)18-14-5-3-2-4-6-14/h2-6,9-10,13H,7-8,11-12H2,1H3,(H,18,24)(H,19,20,23). The number of piperidine rings is 1. The Hall–Kier alpha value is -2.83. The summed E-state index contributed by atoms with van der Waals surface area (Å²) in [5.41, 5.74) is 0.775. The molecule has 3 rings (SSSR count). The van der Waals surface area contributed by atoms with Crippen molar-refractivity contribution in [3.63, 3.8) is 0 Å². The van der Waals surface area contributed by atoms with Gasteiger partial charge in [-0.1, -0.05) is 18.2 Å². The van der Waals surface area contributed by atoms with E-state index in [1.54, 1.807) is 28.9 Å². The molecular weight excluding hydrogens is 306 g/mol. The summed E-state index contributed by atoms with van der Waals surface area (Å²) < 4.78 is 1.64. The van der Waals surface area contributed by atoms with Gasteiger partial charge >= 0.3 is 6.03 Å². The first kappa shape index (κ1) is 16.0. The van der Waals surface area contributed by atoms with E-state index < -0.39 is 0 Å². The minimum Gasteiger partial charge on any atom is -0.324 e. The fraction of sp³-hybridized carbons (Fsp3) is 0.353. The predicted molar refractivity (Wildman–Crippen MR) is 91.6 cm³/mol. The number of anilines is 2. The molecule has 1 aromatic carbocycles. The Balaban J connectivity index is 1.48. The van der Waals surface area contributed by atoms with E-state index in [-0.39, 0.29) is 17.9 Å². The molecule has 1 aliphatic heterocycles. The summed E-state index contributed by atoms with van der Waals surface area (Å²) in [7, 11) is 1.81. The zero-order valence-corrected chi connectivity index (χ0v) is 13.6. The second-order valence-electron chi connectivity index (χ2n) is 5.92. The lowest BCUT2D eigenvalue weighted by Gasteiger charge is -2.31. The number of likely N-dealkylation sites (tertiary alicyclic amines) is 1. The molecule has 24 heavy (non-hydrogen) atoms. The Morgan fingerprint density at radius 3 is 2.42 bits per heavy atom. The summed E-state index contributed by atoms with van der Waals surface area (Å²) in [6.07, 6.45) is 3.09. The van der Waals surface area contributed by atoms with Crippen LogP contribution in [-0.2, 0) is 11.8 Å². The van der Waals surface area contributed by atoms with E-state index in [4.69, 9.17) is 0 Å². The Bertz CT molecular complexity index is 705. The Kier molecular flexibility index (Phi) is 4.79. The van der Waals surface area contributed by atoms with Gasteiger partial charge in [-0.05, 0) is 25.0 Å². The largest absolute Gasteiger partial charge is 0.324 e. The van der Waals surface area contributed by atoms with Crippen LogP contribution < -0.4 is 10.6 Å². The molecule has 2 N–H and O–H groups in total. The van der Waals surface area contributed by atoms with E-state index in [0.717, 1.165) is 5.69 Å². The molecule has 7 heteroatoms. The van der Waals surface area contributed by atoms with Crippen molar-refractivity contribution in [1.29, 1.82) is 0 Å². The molecule has 0 saturated carbocycles. The Morgan fingerprint density at radius 1 is 1.08 bits per heavy atom. The molecule has 2 heterocycles. The summed E-state index contributed by atoms with van der Waals surface area (Å²) in [6.45, 7) is 1.14. The molecule has 1 aliphatic rings. The molecule has 0 atom stereocenters. The van der Waals surface area contributed by atoms with E-state index in [9.17, 15) is 9.59 Å². The molecular formula is C17H21N5O2. The van der Waals surface area contributed by atoms with Gasteiger partial charge in [0, 0.05) is 44.0 Å². The van der Waals surface area contributed by atoms with Crippen LogP contribution in [0, 0.1) is 5.92 Å². The van der Waals surface area contributed by atoms with Crippen molar-refractivity contribution in [3.8, 4) is 0 Å². The molecule has 0 aliphatic carbocycles. The zero-order chi connectivity index (χ0) is 16.9. The fourth-order valence-corrected chi connectivity index (χ4v) is 2.78. The topological polar surface area (TPSA) is 79.3 Å². The summed E-state index contributed by atoms with van der Waals surface area (Å²) in [6, 6.07) is 11.0. The van der Waals surface area contributed by atoms with Crippen LogP contribution in [0.4, 0.5) is 16.3 Å². The van der Waals surface area contributed by atoms with Gasteiger partial charge in [-0.25, -0.2) is 4.79 Å². The number of rotatable bonds is 3. The molecule has 2 aromatic rings. The van der Waals surface area contributed by atoms with E-state index in [0.29, 0.717) is 31.7 Å². The molecule has 0 unspecified atom stereocenters. The number of nitrogens with zero attached hydrogens (tertiary/aromatic N) is 3. The van der Waals surface area contributed by atoms with Crippen LogP contribution in [0.1, 0.15) is 12.8 Å². The van der Waals surface area contributed by atoms with Crippen LogP contribution >= 0.6 is 0 Å². The van der Waals surface area contributed by atoms with Crippen LogP contribution in [-0.4, -0.2) is 39.7 Å². The average molecular weight is 327 g/mol. The SMILES string of the molecule is Cn1ccc(NC(=O)C2CCN(C(=O)Nc3ccccc3)CC2)n1. The number of nitrogens with one attached hydrogen (secondary N) is 2. The molecule has 0 spiro atoms. The minimum absolute atomic E-state index is 0.0307. The molecule has 0 radical (unpaired) electrons. The first-order valence-electron chi connectivity index (χ1n) is 8.03. The van der Waals surface area contributed by atoms with Crippen molar-refractivity contribution in [2.75, 3.05) is 23.7 Å². The van der Waals surface area contributed by atoms with Gasteiger partial charge in [-0.3, -0.25) is 9.48 Å². The van der Waals surface area contributed by atoms with E-state index in [2.05, 4.69) is 15.7 Å². The van der Waals surface area contributed by atoms with Crippen molar-refractivity contribution in [3.05, 3.63) is 42.6 Å². The summed E-state index contributed by atoms with van der Waals surface area (Å²) in [5.74, 6) is 0.441. The third kappa shape index (κ3) is 3.92. The van der Waals surface area contributed by atoms with Gasteiger partial charge in [0.25, 0.3) is 0 Å². The van der Waals surface area contributed by atoms with Gasteiger partial charge in [0.1, 0.15) is 0 Å². The van der Waals surface area contributed by atoms with E-state index in [1.807, 2.05) is 30.3 Å². The second kappa shape index (κ2) is 7.16. The smallest absolute Gasteiger partial charge is 0.321 e. The Morgan fingerprint density at radius 2 is 1.79 bits per heavy atom. The predicted octanol–water partition coefficient (Wildman–Crippen LogP) is 2.30. The average Bonchev–Trinajstić information content (AvgIpc) is 3.00. The molecule has 3 amide bonds. The van der Waals surface area contributed by atoms with Gasteiger partial charge in [0.05, 0.1) is 0 Å². The highest BCUT2D eigenvalue weighted by Crippen LogP contribution is 2.20. The molecule has 1 fully saturated rings. The monoisotopic (exact) mass is 327 g/mol. The highest BCUT2D eigenvalue weighted by molar-refractivity contribution is 5.92. The van der Waals surface area contributed by atoms with Crippen molar-refractivity contribution >= 4 is 23.4 Å². The number of para-hydroxylation sites is 1. The van der Waals surface area contributed by atoms with Gasteiger partial charge in [0.2, 0.25) is 5.91 Å². The van der Waals surface area contributed by atoms with Gasteiger partial charge in [-0.2, -0.15) is 5.10 Å². The van der Waals surface area contributed by atoms with Crippen LogP contribution in [0.15, 0.2) is 42.6 Å². The quantitative estimate of drug-likeness (QED) is 0.908. The summed E-state index contributed by atoms with van der Waals surface area (Å²) >= 11 is 0. The summed E-state index contributed by atoms with van der Waals surface area (Å²) in [5, 5.41) is 9.84. The lowest BCUT2D eigenvalue weighted by Crippen LogP contribution is -2.43. The van der Waals surface area contributed by atoms with E-state index in [1.165, 1.54) is 0 Å². The number of aromatic nitrogens is 2. The lowest BCUT2D eigenvalue weighted by molar-refractivity contribution is -0.121. The second-order valence-corrected chi connectivity index (χ2v) is 5.92. The zero-order valence-electron chi connectivity index (χ0n) is 13.6. The maximum absolute atomic E-state index is 12.3. The third-order valence-corrected chi connectivity index (χ3v) is 4.14. The lowest BCUT2D eigenvalue weighted by atomic mass is 9.96. The van der Waals surface area contributed by atoms with Crippen molar-refractivity contribution in [2.24, 2.45) is 13.0 Å². The van der Waals surface area contributed by atoms with E-state index >= 15 is 0 Å². The molecule has 1 aromatic heterocycles. The number of hydrogen-bond acceptors (Lipinski definition) is 3. The highest BCUT2D eigenvalue weighted by Gasteiger charge is 2.27. The Labute approximate surface area is 140 Å². The number of urea groups is 1. The minimum atomic E-state index is -0.121. The maximum atomic E-state index is 12.3. The highest BCUT2D eigenvalue weighted by atomic mass is 16.2. The van der Waals surface area contributed by atoms with Gasteiger partial charge < -0.3 is 15.5 Å². The third-order valence-electron chi connectivity index (χ3n) is 4.14. The number of hydrogen-bond donors (Lipinski definition) is 2. The number of aryl methyl sites for hydroxylation is 1.